The zero-order chi connectivity index (χ0) is 24.0. The van der Waals surface area contributed by atoms with Gasteiger partial charge in [-0.1, -0.05) is 6.07 Å². The van der Waals surface area contributed by atoms with Gasteiger partial charge in [0.15, 0.2) is 5.82 Å². The Hall–Kier alpha value is -2.87. The summed E-state index contributed by atoms with van der Waals surface area (Å²) < 4.78 is 19.5. The Morgan fingerprint density at radius 3 is 2.61 bits per heavy atom. The van der Waals surface area contributed by atoms with Gasteiger partial charge in [0, 0.05) is 18.3 Å². The van der Waals surface area contributed by atoms with E-state index in [-0.39, 0.29) is 17.6 Å². The first-order valence-electron chi connectivity index (χ1n) is 11.1. The zero-order valence-electron chi connectivity index (χ0n) is 19.7. The van der Waals surface area contributed by atoms with Crippen LogP contribution in [0.25, 0.3) is 4.85 Å². The van der Waals surface area contributed by atoms with Crippen molar-refractivity contribution in [2.75, 3.05) is 18.5 Å². The largest absolute Gasteiger partial charge is 0.495 e. The molecular weight excluding hydrogens is 421 g/mol. The summed E-state index contributed by atoms with van der Waals surface area (Å²) >= 11 is 0. The molecule has 33 heavy (non-hydrogen) atoms. The lowest BCUT2D eigenvalue weighted by atomic mass is 9.76. The quantitative estimate of drug-likeness (QED) is 0.535. The summed E-state index contributed by atoms with van der Waals surface area (Å²) in [6.07, 6.45) is 2.22. The van der Waals surface area contributed by atoms with Gasteiger partial charge >= 0.3 is 7.12 Å². The second kappa shape index (κ2) is 8.48. The van der Waals surface area contributed by atoms with Crippen LogP contribution in [0.4, 0.5) is 11.5 Å². The Balaban J connectivity index is 1.58. The molecule has 0 saturated carbocycles. The van der Waals surface area contributed by atoms with Crippen LogP contribution >= 0.6 is 0 Å². The van der Waals surface area contributed by atoms with E-state index < -0.39 is 24.2 Å². The minimum atomic E-state index is -0.592. The van der Waals surface area contributed by atoms with Crippen LogP contribution in [-0.4, -0.2) is 53.3 Å². The number of aromatic nitrogens is 2. The number of rotatable bonds is 5. The van der Waals surface area contributed by atoms with Gasteiger partial charge in [0.1, 0.15) is 11.6 Å². The highest BCUT2D eigenvalue weighted by Crippen LogP contribution is 2.37. The molecule has 2 fully saturated rings. The average molecular weight is 451 g/mol. The highest BCUT2D eigenvalue weighted by atomic mass is 16.7. The molecule has 174 valence electrons. The molecule has 0 radical (unpaired) electrons. The first kappa shape index (κ1) is 23.3. The van der Waals surface area contributed by atoms with Gasteiger partial charge in [-0.15, -0.1) is 0 Å². The average Bonchev–Trinajstić information content (AvgIpc) is 3.25. The molecule has 0 bridgehead atoms. The van der Waals surface area contributed by atoms with Crippen molar-refractivity contribution in [2.45, 2.75) is 64.3 Å². The molecule has 10 heteroatoms. The zero-order valence-corrected chi connectivity index (χ0v) is 19.7. The summed E-state index contributed by atoms with van der Waals surface area (Å²) in [6.45, 7) is 18.5. The number of aryl methyl sites for hydroxylation is 1. The van der Waals surface area contributed by atoms with Crippen LogP contribution in [0.1, 0.15) is 56.1 Å². The molecule has 2 aliphatic heterocycles. The van der Waals surface area contributed by atoms with E-state index in [9.17, 15) is 4.79 Å². The molecule has 9 nitrogen and oxygen atoms in total. The summed E-state index contributed by atoms with van der Waals surface area (Å²) in [6, 6.07) is 5.27. The third kappa shape index (κ3) is 4.36. The number of ether oxygens (including phenoxy) is 1. The van der Waals surface area contributed by atoms with E-state index in [2.05, 4.69) is 15.3 Å². The van der Waals surface area contributed by atoms with E-state index in [1.54, 1.807) is 10.9 Å². The molecule has 4 rings (SSSR count). The Labute approximate surface area is 194 Å². The topological polar surface area (TPSA) is 105 Å². The van der Waals surface area contributed by atoms with Crippen LogP contribution in [0.3, 0.4) is 0 Å². The van der Waals surface area contributed by atoms with Crippen molar-refractivity contribution in [2.24, 2.45) is 5.73 Å². The number of nitrogens with two attached hydrogens (primary N) is 1. The highest BCUT2D eigenvalue weighted by Gasteiger charge is 2.52. The summed E-state index contributed by atoms with van der Waals surface area (Å²) in [5, 5.41) is 7.75. The number of primary amides is 1. The smallest absolute Gasteiger partial charge is 0.399 e. The predicted molar refractivity (Wildman–Crippen MR) is 126 cm³/mol. The number of hydrogen-bond acceptors (Lipinski definition) is 6. The maximum absolute atomic E-state index is 12.1. The van der Waals surface area contributed by atoms with E-state index >= 15 is 0 Å². The van der Waals surface area contributed by atoms with Gasteiger partial charge in [-0.2, -0.15) is 5.10 Å². The Morgan fingerprint density at radius 2 is 2.00 bits per heavy atom. The predicted octanol–water partition coefficient (Wildman–Crippen LogP) is 2.58. The van der Waals surface area contributed by atoms with Gasteiger partial charge in [0.2, 0.25) is 6.04 Å². The van der Waals surface area contributed by atoms with Gasteiger partial charge in [0.05, 0.1) is 24.4 Å². The number of carbonyl (C=O) groups is 1. The number of hydrogen-bond donors (Lipinski definition) is 2. The first-order valence-corrected chi connectivity index (χ1v) is 11.1. The third-order valence-corrected chi connectivity index (χ3v) is 6.83. The van der Waals surface area contributed by atoms with Crippen molar-refractivity contribution in [3.05, 3.63) is 46.9 Å². The van der Waals surface area contributed by atoms with E-state index in [4.69, 9.17) is 26.4 Å². The van der Waals surface area contributed by atoms with Gasteiger partial charge in [-0.25, -0.2) is 6.57 Å². The third-order valence-electron chi connectivity index (χ3n) is 6.83. The van der Waals surface area contributed by atoms with Crippen LogP contribution in [0.15, 0.2) is 24.4 Å². The van der Waals surface area contributed by atoms with Crippen molar-refractivity contribution in [3.63, 3.8) is 0 Å². The van der Waals surface area contributed by atoms with Gasteiger partial charge in [-0.3, -0.25) is 9.48 Å². The molecule has 3 N–H and O–H groups in total. The van der Waals surface area contributed by atoms with E-state index in [1.165, 1.54) is 0 Å². The Morgan fingerprint density at radius 1 is 1.30 bits per heavy atom. The lowest BCUT2D eigenvalue weighted by molar-refractivity contribution is 0.00578. The molecule has 1 aromatic heterocycles. The molecule has 2 aromatic rings. The Bertz CT molecular complexity index is 1090. The van der Waals surface area contributed by atoms with E-state index in [0.717, 1.165) is 16.7 Å². The van der Waals surface area contributed by atoms with Gasteiger partial charge < -0.3 is 29.9 Å². The Kier molecular flexibility index (Phi) is 5.99. The van der Waals surface area contributed by atoms with Crippen LogP contribution in [0.5, 0.6) is 0 Å². The summed E-state index contributed by atoms with van der Waals surface area (Å²) in [4.78, 5) is 15.8. The number of anilines is 2. The monoisotopic (exact) mass is 451 g/mol. The van der Waals surface area contributed by atoms with Crippen LogP contribution < -0.4 is 16.5 Å². The molecule has 2 saturated heterocycles. The minimum absolute atomic E-state index is 0.256. The molecular formula is C23H30BN5O4. The van der Waals surface area contributed by atoms with Crippen molar-refractivity contribution >= 4 is 30.0 Å². The maximum Gasteiger partial charge on any atom is 0.495 e. The van der Waals surface area contributed by atoms with Gasteiger partial charge in [-0.05, 0) is 57.8 Å². The van der Waals surface area contributed by atoms with E-state index in [1.807, 2.05) is 52.8 Å². The van der Waals surface area contributed by atoms with Crippen LogP contribution in [0.2, 0.25) is 0 Å². The normalized spacial score (nSPS) is 23.8. The fraction of sp³-hybridized carbons (Fsp3) is 0.522. The summed E-state index contributed by atoms with van der Waals surface area (Å²) in [7, 11) is -0.457. The number of amides is 1. The van der Waals surface area contributed by atoms with Crippen molar-refractivity contribution in [1.29, 1.82) is 0 Å². The molecule has 0 aliphatic carbocycles. The molecule has 1 amide bonds. The van der Waals surface area contributed by atoms with E-state index in [0.29, 0.717) is 25.5 Å². The molecule has 1 aromatic carbocycles. The summed E-state index contributed by atoms with van der Waals surface area (Å²) in [5.41, 5.74) is 7.70. The molecule has 3 heterocycles. The second-order valence-corrected chi connectivity index (χ2v) is 9.65. The number of nitrogens with zero attached hydrogens (tertiary/aromatic N) is 3. The number of nitrogens with one attached hydrogen (secondary N) is 1. The number of carbonyl (C=O) groups excluding carboxylic acids is 1. The number of benzene rings is 1. The van der Waals surface area contributed by atoms with Crippen molar-refractivity contribution in [3.8, 4) is 0 Å². The van der Waals surface area contributed by atoms with Crippen LogP contribution in [-0.2, 0) is 14.0 Å². The summed E-state index contributed by atoms with van der Waals surface area (Å²) in [5.74, 6) is -0.245. The fourth-order valence-corrected chi connectivity index (χ4v) is 4.07. The second-order valence-electron chi connectivity index (χ2n) is 9.65. The molecule has 2 aliphatic rings. The standard InChI is InChI=1S/C23H30BN5O4/c1-14-11-15(7-8-17(14)24-32-22(2,3)23(4,5)33-24)27-21-16(20(25)30)12-29(28-21)19-13-31-10-9-18(19)26-6/h7-8,11-12,18-19H,9-10,13H2,1-5H3,(H2,25,30)(H,27,28)/t18-,19?/m0/s1. The lowest BCUT2D eigenvalue weighted by Crippen LogP contribution is -2.41. The minimum Gasteiger partial charge on any atom is -0.399 e. The lowest BCUT2D eigenvalue weighted by Gasteiger charge is -2.32. The highest BCUT2D eigenvalue weighted by molar-refractivity contribution is 6.62. The molecule has 0 spiro atoms. The van der Waals surface area contributed by atoms with Crippen molar-refractivity contribution in [1.82, 2.24) is 9.78 Å². The van der Waals surface area contributed by atoms with Crippen molar-refractivity contribution < 1.29 is 18.8 Å². The molecule has 1 unspecified atom stereocenters. The first-order chi connectivity index (χ1) is 15.5. The maximum atomic E-state index is 12.1. The molecule has 2 atom stereocenters. The fourth-order valence-electron chi connectivity index (χ4n) is 4.07. The SMILES string of the molecule is [C-]#[N+][C@H]1CCOCC1n1cc(C(N)=O)c(Nc2ccc(B3OC(C)(C)C(C)(C)O3)c(C)c2)n1. The van der Waals surface area contributed by atoms with Gasteiger partial charge in [0.25, 0.3) is 5.91 Å². The van der Waals surface area contributed by atoms with Crippen LogP contribution in [0, 0.1) is 13.5 Å².